The lowest BCUT2D eigenvalue weighted by Crippen LogP contribution is -3.15. The summed E-state index contributed by atoms with van der Waals surface area (Å²) in [7, 11) is 0. The van der Waals surface area contributed by atoms with Gasteiger partial charge in [-0.3, -0.25) is 19.6 Å². The Balaban J connectivity index is 1.62. The van der Waals surface area contributed by atoms with Crippen LogP contribution in [-0.2, 0) is 9.53 Å². The zero-order valence-corrected chi connectivity index (χ0v) is 15.0. The number of hydrogen-bond donors (Lipinski definition) is 2. The third kappa shape index (κ3) is 3.46. The van der Waals surface area contributed by atoms with Crippen LogP contribution < -0.4 is 15.9 Å². The normalized spacial score (nSPS) is 15.1. The van der Waals surface area contributed by atoms with Crippen LogP contribution in [0.5, 0.6) is 0 Å². The molecule has 3 aromatic rings. The Morgan fingerprint density at radius 2 is 2.00 bits per heavy atom. The molecule has 2 aromatic heterocycles. The summed E-state index contributed by atoms with van der Waals surface area (Å²) in [4.78, 5) is 35.0. The number of carbonyl (C=O) groups is 1. The number of para-hydroxylation sites is 1. The van der Waals surface area contributed by atoms with Crippen LogP contribution in [0.4, 0.5) is 0 Å². The van der Waals surface area contributed by atoms with Gasteiger partial charge in [0.15, 0.2) is 17.7 Å². The fourth-order valence-electron chi connectivity index (χ4n) is 3.19. The smallest absolute Gasteiger partial charge is 0.300 e. The molecule has 0 aliphatic carbocycles. The third-order valence-electron chi connectivity index (χ3n) is 4.62. The molecular formula is C18H21N6O3+. The Hall–Kier alpha value is -3.04. The fourth-order valence-corrected chi connectivity index (χ4v) is 3.19. The number of carbonyl (C=O) groups excluding carboxylic acids is 1. The van der Waals surface area contributed by atoms with Crippen LogP contribution in [0.25, 0.3) is 16.9 Å². The standard InChI is InChI=1S/C18H20N6O3/c1-13-20-17-16(19-12-23(17)14-5-3-2-4-6-14)18(26)24(13)21-15(25)11-22-7-9-27-10-8-22/h2-6,12H,7-11H2,1H3,(H,21,25)/p+1. The molecule has 1 saturated heterocycles. The molecule has 0 radical (unpaired) electrons. The fraction of sp³-hybridized carbons (Fsp3) is 0.333. The molecule has 1 fully saturated rings. The van der Waals surface area contributed by atoms with E-state index >= 15 is 0 Å². The first-order valence-corrected chi connectivity index (χ1v) is 8.87. The monoisotopic (exact) mass is 369 g/mol. The number of amides is 1. The second kappa shape index (κ2) is 7.29. The number of imidazole rings is 1. The molecule has 1 aliphatic rings. The van der Waals surface area contributed by atoms with Gasteiger partial charge in [-0.2, -0.15) is 0 Å². The van der Waals surface area contributed by atoms with Gasteiger partial charge in [0.05, 0.1) is 13.2 Å². The zero-order chi connectivity index (χ0) is 18.8. The molecule has 4 rings (SSSR count). The number of rotatable bonds is 4. The molecule has 140 valence electrons. The van der Waals surface area contributed by atoms with E-state index < -0.39 is 5.56 Å². The number of aromatic nitrogens is 4. The predicted octanol–water partition coefficient (Wildman–Crippen LogP) is -1.12. The lowest BCUT2D eigenvalue weighted by atomic mass is 10.3. The molecule has 2 N–H and O–H groups in total. The van der Waals surface area contributed by atoms with Gasteiger partial charge in [0.1, 0.15) is 25.2 Å². The molecule has 3 heterocycles. The Bertz CT molecular complexity index is 1020. The van der Waals surface area contributed by atoms with Gasteiger partial charge in [-0.15, -0.1) is 0 Å². The summed E-state index contributed by atoms with van der Waals surface area (Å²) in [6.45, 7) is 4.81. The van der Waals surface area contributed by atoms with E-state index in [0.717, 1.165) is 23.7 Å². The topological polar surface area (TPSA) is 95.5 Å². The number of nitrogens with one attached hydrogen (secondary N) is 2. The molecule has 0 spiro atoms. The van der Waals surface area contributed by atoms with E-state index in [-0.39, 0.29) is 18.0 Å². The number of morpholine rings is 1. The Labute approximate surface area is 155 Å². The highest BCUT2D eigenvalue weighted by Crippen LogP contribution is 2.13. The highest BCUT2D eigenvalue weighted by Gasteiger charge is 2.20. The van der Waals surface area contributed by atoms with Gasteiger partial charge >= 0.3 is 5.56 Å². The average Bonchev–Trinajstić information content (AvgIpc) is 3.10. The minimum Gasteiger partial charge on any atom is -0.370 e. The van der Waals surface area contributed by atoms with Crippen LogP contribution in [0.2, 0.25) is 0 Å². The molecule has 9 heteroatoms. The first-order valence-electron chi connectivity index (χ1n) is 8.87. The quantitative estimate of drug-likeness (QED) is 0.607. The van der Waals surface area contributed by atoms with Crippen molar-refractivity contribution in [2.24, 2.45) is 0 Å². The van der Waals surface area contributed by atoms with Crippen LogP contribution >= 0.6 is 0 Å². The minimum absolute atomic E-state index is 0.212. The Morgan fingerprint density at radius 1 is 1.26 bits per heavy atom. The second-order valence-electron chi connectivity index (χ2n) is 6.50. The zero-order valence-electron chi connectivity index (χ0n) is 15.0. The summed E-state index contributed by atoms with van der Waals surface area (Å²) < 4.78 is 8.23. The lowest BCUT2D eigenvalue weighted by Gasteiger charge is -2.23. The Morgan fingerprint density at radius 3 is 2.74 bits per heavy atom. The van der Waals surface area contributed by atoms with E-state index in [4.69, 9.17) is 4.74 Å². The number of hydrogen-bond acceptors (Lipinski definition) is 5. The number of benzene rings is 1. The average molecular weight is 369 g/mol. The SMILES string of the molecule is Cc1nc2c(ncn2-c2ccccc2)c(=O)n1NC(=O)C[NH+]1CCOCC1. The summed E-state index contributed by atoms with van der Waals surface area (Å²) in [6, 6.07) is 9.56. The predicted molar refractivity (Wildman–Crippen MR) is 98.6 cm³/mol. The minimum atomic E-state index is -0.391. The van der Waals surface area contributed by atoms with Crippen molar-refractivity contribution >= 4 is 17.1 Å². The molecule has 1 aromatic carbocycles. The highest BCUT2D eigenvalue weighted by molar-refractivity contribution is 5.85. The van der Waals surface area contributed by atoms with Gasteiger partial charge in [0, 0.05) is 5.69 Å². The van der Waals surface area contributed by atoms with E-state index in [2.05, 4.69) is 15.4 Å². The largest absolute Gasteiger partial charge is 0.370 e. The summed E-state index contributed by atoms with van der Waals surface area (Å²) in [5.41, 5.74) is 3.81. The van der Waals surface area contributed by atoms with Crippen LogP contribution in [0.15, 0.2) is 41.5 Å². The van der Waals surface area contributed by atoms with Crippen LogP contribution in [0.1, 0.15) is 5.82 Å². The van der Waals surface area contributed by atoms with Crippen molar-refractivity contribution in [1.82, 2.24) is 19.2 Å². The van der Waals surface area contributed by atoms with Crippen molar-refractivity contribution in [1.29, 1.82) is 0 Å². The van der Waals surface area contributed by atoms with Crippen molar-refractivity contribution in [3.63, 3.8) is 0 Å². The molecular weight excluding hydrogens is 348 g/mol. The van der Waals surface area contributed by atoms with Gasteiger partial charge in [0.25, 0.3) is 5.91 Å². The van der Waals surface area contributed by atoms with Crippen molar-refractivity contribution in [2.45, 2.75) is 6.92 Å². The Kier molecular flexibility index (Phi) is 4.69. The second-order valence-corrected chi connectivity index (χ2v) is 6.50. The maximum absolute atomic E-state index is 12.8. The number of nitrogens with zero attached hydrogens (tertiary/aromatic N) is 4. The molecule has 27 heavy (non-hydrogen) atoms. The van der Waals surface area contributed by atoms with Gasteiger partial charge < -0.3 is 9.64 Å². The van der Waals surface area contributed by atoms with Crippen LogP contribution in [0, 0.1) is 6.92 Å². The number of aryl methyl sites for hydroxylation is 1. The number of ether oxygens (including phenoxy) is 1. The van der Waals surface area contributed by atoms with E-state index in [0.29, 0.717) is 24.7 Å². The number of fused-ring (bicyclic) bond motifs is 1. The maximum atomic E-state index is 12.8. The lowest BCUT2D eigenvalue weighted by molar-refractivity contribution is -0.899. The first kappa shape index (κ1) is 17.4. The summed E-state index contributed by atoms with van der Waals surface area (Å²) in [5.74, 6) is 0.163. The summed E-state index contributed by atoms with van der Waals surface area (Å²) >= 11 is 0. The van der Waals surface area contributed by atoms with E-state index in [1.54, 1.807) is 17.8 Å². The molecule has 1 amide bonds. The summed E-state index contributed by atoms with van der Waals surface area (Å²) in [6.07, 6.45) is 1.57. The van der Waals surface area contributed by atoms with E-state index in [9.17, 15) is 9.59 Å². The van der Waals surface area contributed by atoms with Crippen molar-refractivity contribution < 1.29 is 14.4 Å². The first-order chi connectivity index (χ1) is 13.1. The molecule has 0 atom stereocenters. The summed E-state index contributed by atoms with van der Waals surface area (Å²) in [5, 5.41) is 0. The van der Waals surface area contributed by atoms with Gasteiger partial charge in [0.2, 0.25) is 0 Å². The van der Waals surface area contributed by atoms with Gasteiger partial charge in [-0.05, 0) is 19.1 Å². The van der Waals surface area contributed by atoms with Crippen LogP contribution in [0.3, 0.4) is 0 Å². The van der Waals surface area contributed by atoms with Gasteiger partial charge in [-0.1, -0.05) is 18.2 Å². The molecule has 0 bridgehead atoms. The van der Waals surface area contributed by atoms with Crippen molar-refractivity contribution in [3.05, 3.63) is 52.8 Å². The van der Waals surface area contributed by atoms with Crippen molar-refractivity contribution in [2.75, 3.05) is 38.3 Å². The van der Waals surface area contributed by atoms with Crippen molar-refractivity contribution in [3.8, 4) is 5.69 Å². The maximum Gasteiger partial charge on any atom is 0.300 e. The van der Waals surface area contributed by atoms with Crippen LogP contribution in [-0.4, -0.2) is 58.0 Å². The molecule has 1 aliphatic heterocycles. The van der Waals surface area contributed by atoms with E-state index in [1.807, 2.05) is 30.3 Å². The van der Waals surface area contributed by atoms with Gasteiger partial charge in [-0.25, -0.2) is 14.6 Å². The molecule has 9 nitrogen and oxygen atoms in total. The molecule has 0 saturated carbocycles. The number of quaternary nitrogens is 1. The highest BCUT2D eigenvalue weighted by atomic mass is 16.5. The van der Waals surface area contributed by atoms with E-state index in [1.165, 1.54) is 4.68 Å². The molecule has 0 unspecified atom stereocenters. The third-order valence-corrected chi connectivity index (χ3v) is 4.62.